The van der Waals surface area contributed by atoms with E-state index in [0.29, 0.717) is 13.1 Å². The Bertz CT molecular complexity index is 1330. The molecule has 210 valence electrons. The first-order chi connectivity index (χ1) is 19.0. The van der Waals surface area contributed by atoms with Crippen LogP contribution >= 0.6 is 0 Å². The van der Waals surface area contributed by atoms with Gasteiger partial charge in [0.1, 0.15) is 5.69 Å². The van der Waals surface area contributed by atoms with Crippen LogP contribution in [0.15, 0.2) is 85.2 Å². The molecule has 0 aliphatic carbocycles. The summed E-state index contributed by atoms with van der Waals surface area (Å²) in [4.78, 5) is 12.3. The lowest BCUT2D eigenvalue weighted by Crippen LogP contribution is -2.33. The topological polar surface area (TPSA) is 83.0 Å². The number of halogens is 6. The minimum absolute atomic E-state index is 0.0554. The highest BCUT2D eigenvalue weighted by molar-refractivity contribution is 5.61. The van der Waals surface area contributed by atoms with E-state index in [4.69, 9.17) is 0 Å². The first-order valence-corrected chi connectivity index (χ1v) is 12.2. The fraction of sp³-hybridized carbons (Fsp3) is 0.250. The number of rotatable bonds is 10. The molecule has 3 aromatic heterocycles. The number of aliphatic hydroxyl groups excluding tert-OH is 1. The molecule has 1 atom stereocenters. The van der Waals surface area contributed by atoms with E-state index >= 15 is 0 Å². The van der Waals surface area contributed by atoms with Crippen molar-refractivity contribution in [2.24, 2.45) is 0 Å². The maximum Gasteiger partial charge on any atom is 0.433 e. The number of nitrogens with zero attached hydrogens (tertiary/aromatic N) is 3. The fourth-order valence-electron chi connectivity index (χ4n) is 3.98. The van der Waals surface area contributed by atoms with E-state index in [1.54, 1.807) is 24.5 Å². The van der Waals surface area contributed by atoms with Gasteiger partial charge in [0.05, 0.1) is 34.8 Å². The number of benzene rings is 1. The summed E-state index contributed by atoms with van der Waals surface area (Å²) in [7, 11) is 0. The smallest absolute Gasteiger partial charge is 0.387 e. The Morgan fingerprint density at radius 1 is 0.750 bits per heavy atom. The van der Waals surface area contributed by atoms with Crippen molar-refractivity contribution in [3.05, 3.63) is 113 Å². The molecular weight excluding hydrogens is 536 g/mol. The number of hydrogen-bond donors (Lipinski definition) is 3. The molecule has 0 saturated heterocycles. The maximum atomic E-state index is 13.5. The SMILES string of the molecule is O[C@H](CNCCNC(c1ccccn1)c1ccccn1)c1cc(-c2ccc(C(F)(F)F)cc2)nc(C(F)(F)F)c1. The molecular formula is C28H25F6N5O. The van der Waals surface area contributed by atoms with Crippen molar-refractivity contribution in [1.29, 1.82) is 0 Å². The maximum absolute atomic E-state index is 13.5. The number of aliphatic hydroxyl groups is 1. The van der Waals surface area contributed by atoms with Crippen molar-refractivity contribution in [3.63, 3.8) is 0 Å². The van der Waals surface area contributed by atoms with E-state index in [-0.39, 0.29) is 29.4 Å². The van der Waals surface area contributed by atoms with Gasteiger partial charge in [-0.15, -0.1) is 0 Å². The predicted molar refractivity (Wildman–Crippen MR) is 136 cm³/mol. The lowest BCUT2D eigenvalue weighted by atomic mass is 10.0. The zero-order chi connectivity index (χ0) is 28.8. The summed E-state index contributed by atoms with van der Waals surface area (Å²) >= 11 is 0. The van der Waals surface area contributed by atoms with Crippen LogP contribution in [-0.2, 0) is 12.4 Å². The molecule has 0 radical (unpaired) electrons. The van der Waals surface area contributed by atoms with Gasteiger partial charge in [0.25, 0.3) is 0 Å². The van der Waals surface area contributed by atoms with Gasteiger partial charge in [-0.05, 0) is 54.1 Å². The first kappa shape index (κ1) is 29.1. The molecule has 0 aliphatic rings. The second-order valence-electron chi connectivity index (χ2n) is 8.86. The molecule has 0 fully saturated rings. The van der Waals surface area contributed by atoms with Gasteiger partial charge in [-0.3, -0.25) is 9.97 Å². The summed E-state index contributed by atoms with van der Waals surface area (Å²) in [6.45, 7) is 0.703. The molecule has 0 aliphatic heterocycles. The van der Waals surface area contributed by atoms with Crippen molar-refractivity contribution in [1.82, 2.24) is 25.6 Å². The Labute approximate surface area is 226 Å². The van der Waals surface area contributed by atoms with Gasteiger partial charge < -0.3 is 15.7 Å². The van der Waals surface area contributed by atoms with Gasteiger partial charge in [-0.25, -0.2) is 4.98 Å². The summed E-state index contributed by atoms with van der Waals surface area (Å²) < 4.78 is 79.2. The first-order valence-electron chi connectivity index (χ1n) is 12.2. The highest BCUT2D eigenvalue weighted by atomic mass is 19.4. The minimum atomic E-state index is -4.82. The molecule has 12 heteroatoms. The summed E-state index contributed by atoms with van der Waals surface area (Å²) in [5.41, 5.74) is -0.893. The van der Waals surface area contributed by atoms with Crippen LogP contribution in [0.25, 0.3) is 11.3 Å². The summed E-state index contributed by atoms with van der Waals surface area (Å²) in [6.07, 6.45) is -7.40. The van der Waals surface area contributed by atoms with Gasteiger partial charge in [0.2, 0.25) is 0 Å². The summed E-state index contributed by atoms with van der Waals surface area (Å²) in [6, 6.07) is 16.3. The van der Waals surface area contributed by atoms with Gasteiger partial charge in [0.15, 0.2) is 0 Å². The molecule has 3 N–H and O–H groups in total. The van der Waals surface area contributed by atoms with E-state index in [1.807, 2.05) is 24.3 Å². The number of alkyl halides is 6. The number of pyridine rings is 3. The third-order valence-electron chi connectivity index (χ3n) is 5.99. The van der Waals surface area contributed by atoms with Crippen LogP contribution in [0.1, 0.15) is 40.4 Å². The standard InChI is InChI=1S/C28H25F6N5O/c29-27(30,31)20-9-7-18(8-10-20)23-15-19(16-25(39-23)28(32,33)34)24(40)17-35-13-14-38-26(21-5-1-3-11-36-21)22-6-2-4-12-37-22/h1-12,15-16,24,26,35,38,40H,13-14,17H2/t24-/m1/s1. The van der Waals surface area contributed by atoms with Crippen LogP contribution < -0.4 is 10.6 Å². The average molecular weight is 562 g/mol. The molecule has 0 amide bonds. The average Bonchev–Trinajstić information content (AvgIpc) is 2.94. The molecule has 1 aromatic carbocycles. The Hall–Kier alpha value is -3.87. The zero-order valence-electron chi connectivity index (χ0n) is 20.9. The number of hydrogen-bond acceptors (Lipinski definition) is 6. The fourth-order valence-corrected chi connectivity index (χ4v) is 3.98. The monoisotopic (exact) mass is 561 g/mol. The van der Waals surface area contributed by atoms with Crippen LogP contribution in [-0.4, -0.2) is 39.7 Å². The van der Waals surface area contributed by atoms with Gasteiger partial charge in [0, 0.05) is 37.6 Å². The molecule has 6 nitrogen and oxygen atoms in total. The van der Waals surface area contributed by atoms with Crippen LogP contribution in [0, 0.1) is 0 Å². The second-order valence-corrected chi connectivity index (χ2v) is 8.86. The van der Waals surface area contributed by atoms with Crippen molar-refractivity contribution in [3.8, 4) is 11.3 Å². The van der Waals surface area contributed by atoms with E-state index in [2.05, 4.69) is 25.6 Å². The Balaban J connectivity index is 1.42. The normalized spacial score (nSPS) is 13.0. The third kappa shape index (κ3) is 7.62. The second kappa shape index (κ2) is 12.5. The highest BCUT2D eigenvalue weighted by Gasteiger charge is 2.34. The van der Waals surface area contributed by atoms with Crippen LogP contribution in [0.5, 0.6) is 0 Å². The van der Waals surface area contributed by atoms with Crippen LogP contribution in [0.3, 0.4) is 0 Å². The summed E-state index contributed by atoms with van der Waals surface area (Å²) in [5.74, 6) is 0. The minimum Gasteiger partial charge on any atom is -0.387 e. The van der Waals surface area contributed by atoms with Crippen molar-refractivity contribution < 1.29 is 31.4 Å². The van der Waals surface area contributed by atoms with E-state index < -0.39 is 29.7 Å². The van der Waals surface area contributed by atoms with Crippen molar-refractivity contribution in [2.75, 3.05) is 19.6 Å². The number of aromatic nitrogens is 3. The molecule has 40 heavy (non-hydrogen) atoms. The van der Waals surface area contributed by atoms with E-state index in [1.165, 1.54) is 6.07 Å². The molecule has 0 saturated carbocycles. The molecule has 4 aromatic rings. The van der Waals surface area contributed by atoms with Crippen LogP contribution in [0.4, 0.5) is 26.3 Å². The molecule has 0 bridgehead atoms. The van der Waals surface area contributed by atoms with Gasteiger partial charge in [-0.2, -0.15) is 26.3 Å². The zero-order valence-corrected chi connectivity index (χ0v) is 20.9. The number of nitrogens with one attached hydrogen (secondary N) is 2. The quantitative estimate of drug-likeness (QED) is 0.173. The summed E-state index contributed by atoms with van der Waals surface area (Å²) in [5, 5.41) is 17.0. The molecule has 0 spiro atoms. The van der Waals surface area contributed by atoms with Crippen molar-refractivity contribution >= 4 is 0 Å². The Kier molecular flexibility index (Phi) is 9.13. The molecule has 3 heterocycles. The Morgan fingerprint density at radius 3 is 1.90 bits per heavy atom. The lowest BCUT2D eigenvalue weighted by Gasteiger charge is -2.19. The molecule has 0 unspecified atom stereocenters. The largest absolute Gasteiger partial charge is 0.433 e. The lowest BCUT2D eigenvalue weighted by molar-refractivity contribution is -0.141. The van der Waals surface area contributed by atoms with E-state index in [9.17, 15) is 31.4 Å². The highest BCUT2D eigenvalue weighted by Crippen LogP contribution is 2.34. The van der Waals surface area contributed by atoms with Gasteiger partial charge in [-0.1, -0.05) is 24.3 Å². The van der Waals surface area contributed by atoms with Gasteiger partial charge >= 0.3 is 12.4 Å². The Morgan fingerprint density at radius 2 is 1.38 bits per heavy atom. The predicted octanol–water partition coefficient (Wildman–Crippen LogP) is 5.58. The van der Waals surface area contributed by atoms with E-state index in [0.717, 1.165) is 41.7 Å². The molecule has 4 rings (SSSR count). The van der Waals surface area contributed by atoms with Crippen molar-refractivity contribution in [2.45, 2.75) is 24.5 Å². The third-order valence-corrected chi connectivity index (χ3v) is 5.99. The van der Waals surface area contributed by atoms with Crippen LogP contribution in [0.2, 0.25) is 0 Å².